The van der Waals surface area contributed by atoms with Crippen molar-refractivity contribution in [3.8, 4) is 0 Å². The van der Waals surface area contributed by atoms with E-state index in [1.54, 1.807) is 22.2 Å². The third-order valence-electron chi connectivity index (χ3n) is 4.83. The molecule has 0 saturated carbocycles. The maximum absolute atomic E-state index is 10.5. The smallest absolute Gasteiger partial charge is 0.186 e. The van der Waals surface area contributed by atoms with Crippen LogP contribution < -0.4 is 4.90 Å². The third-order valence-corrected chi connectivity index (χ3v) is 6.07. The van der Waals surface area contributed by atoms with Crippen LogP contribution in [-0.4, -0.2) is 32.5 Å². The summed E-state index contributed by atoms with van der Waals surface area (Å²) in [5.41, 5.74) is 3.25. The van der Waals surface area contributed by atoms with Gasteiger partial charge in [-0.25, -0.2) is 4.98 Å². The summed E-state index contributed by atoms with van der Waals surface area (Å²) in [6, 6.07) is 6.62. The molecule has 5 nitrogen and oxygen atoms in total. The highest BCUT2D eigenvalue weighted by molar-refractivity contribution is 7.22. The number of rotatable bonds is 4. The number of aromatic nitrogens is 3. The number of thiazole rings is 1. The number of hydrogen-bond donors (Lipinski definition) is 1. The second-order valence-electron chi connectivity index (χ2n) is 6.61. The summed E-state index contributed by atoms with van der Waals surface area (Å²) in [5, 5.41) is 15.8. The average Bonchev–Trinajstić information content (AvgIpc) is 3.26. The molecule has 1 aliphatic heterocycles. The van der Waals surface area contributed by atoms with Crippen LogP contribution in [0.25, 0.3) is 10.2 Å². The Morgan fingerprint density at radius 1 is 1.42 bits per heavy atom. The molecule has 1 saturated heterocycles. The molecule has 1 aromatic carbocycles. The van der Waals surface area contributed by atoms with Crippen molar-refractivity contribution in [2.75, 3.05) is 11.4 Å². The molecule has 3 heterocycles. The van der Waals surface area contributed by atoms with Crippen LogP contribution in [0, 0.1) is 6.92 Å². The van der Waals surface area contributed by atoms with Gasteiger partial charge < -0.3 is 10.0 Å². The lowest BCUT2D eigenvalue weighted by Gasteiger charge is -2.25. The van der Waals surface area contributed by atoms with E-state index in [4.69, 9.17) is 4.98 Å². The van der Waals surface area contributed by atoms with Crippen LogP contribution in [0.5, 0.6) is 0 Å². The van der Waals surface area contributed by atoms with Crippen LogP contribution >= 0.6 is 11.3 Å². The first-order chi connectivity index (χ1) is 11.6. The molecule has 0 bridgehead atoms. The summed E-state index contributed by atoms with van der Waals surface area (Å²) in [6.45, 7) is 3.15. The minimum atomic E-state index is -0.472. The van der Waals surface area contributed by atoms with E-state index in [2.05, 4.69) is 35.1 Å². The second kappa shape index (κ2) is 6.18. The monoisotopic (exact) mass is 342 g/mol. The number of aryl methyl sites for hydroxylation is 2. The topological polar surface area (TPSA) is 54.2 Å². The molecule has 0 spiro atoms. The van der Waals surface area contributed by atoms with Crippen LogP contribution in [0.15, 0.2) is 30.6 Å². The van der Waals surface area contributed by atoms with Gasteiger partial charge in [-0.05, 0) is 37.8 Å². The molecule has 1 aliphatic rings. The number of anilines is 1. The Hall–Kier alpha value is -1.92. The minimum Gasteiger partial charge on any atom is -0.388 e. The molecule has 0 amide bonds. The molecule has 2 atom stereocenters. The van der Waals surface area contributed by atoms with Crippen LogP contribution in [0.1, 0.15) is 36.5 Å². The average molecular weight is 342 g/mol. The van der Waals surface area contributed by atoms with Gasteiger partial charge in [-0.15, -0.1) is 0 Å². The Morgan fingerprint density at radius 2 is 2.29 bits per heavy atom. The van der Waals surface area contributed by atoms with Gasteiger partial charge in [0.25, 0.3) is 0 Å². The largest absolute Gasteiger partial charge is 0.388 e. The number of aliphatic hydroxyl groups is 1. The molecular formula is C18H22N4OS. The molecule has 24 heavy (non-hydrogen) atoms. The van der Waals surface area contributed by atoms with E-state index in [0.717, 1.165) is 42.0 Å². The fourth-order valence-corrected chi connectivity index (χ4v) is 4.67. The van der Waals surface area contributed by atoms with Crippen molar-refractivity contribution in [3.63, 3.8) is 0 Å². The summed E-state index contributed by atoms with van der Waals surface area (Å²) >= 11 is 1.77. The Kier molecular flexibility index (Phi) is 4.02. The highest BCUT2D eigenvalue weighted by Gasteiger charge is 2.29. The van der Waals surface area contributed by atoms with Crippen molar-refractivity contribution in [1.29, 1.82) is 0 Å². The Morgan fingerprint density at radius 3 is 3.04 bits per heavy atom. The lowest BCUT2D eigenvalue weighted by Crippen LogP contribution is -2.30. The van der Waals surface area contributed by atoms with Crippen molar-refractivity contribution < 1.29 is 5.11 Å². The quantitative estimate of drug-likeness (QED) is 0.789. The lowest BCUT2D eigenvalue weighted by atomic mass is 10.0. The third kappa shape index (κ3) is 2.80. The molecule has 3 aromatic rings. The Labute approximate surface area is 145 Å². The van der Waals surface area contributed by atoms with Crippen molar-refractivity contribution in [3.05, 3.63) is 41.7 Å². The molecule has 0 aliphatic carbocycles. The summed E-state index contributed by atoms with van der Waals surface area (Å²) in [7, 11) is 1.88. The summed E-state index contributed by atoms with van der Waals surface area (Å²) < 4.78 is 3.01. The molecule has 2 aromatic heterocycles. The second-order valence-corrected chi connectivity index (χ2v) is 7.59. The first-order valence-corrected chi connectivity index (χ1v) is 9.23. The van der Waals surface area contributed by atoms with E-state index in [-0.39, 0.29) is 0 Å². The highest BCUT2D eigenvalue weighted by atomic mass is 32.1. The summed E-state index contributed by atoms with van der Waals surface area (Å²) in [4.78, 5) is 7.21. The number of benzene rings is 1. The highest BCUT2D eigenvalue weighted by Crippen LogP contribution is 2.37. The Balaban J connectivity index is 1.56. The molecule has 4 rings (SSSR count). The molecule has 1 N–H and O–H groups in total. The lowest BCUT2D eigenvalue weighted by molar-refractivity contribution is 0.158. The SMILES string of the molecule is Cc1cccc2nc(N3CCC[C@H]3C[C@H](O)c3cnn(C)c3)sc12. The fourth-order valence-electron chi connectivity index (χ4n) is 3.54. The number of nitrogens with zero attached hydrogens (tertiary/aromatic N) is 4. The van der Waals surface area contributed by atoms with Crippen LogP contribution in [0.2, 0.25) is 0 Å². The zero-order valence-electron chi connectivity index (χ0n) is 14.0. The molecule has 6 heteroatoms. The van der Waals surface area contributed by atoms with Gasteiger partial charge in [-0.3, -0.25) is 4.68 Å². The summed E-state index contributed by atoms with van der Waals surface area (Å²) in [5.74, 6) is 0. The normalized spacial score (nSPS) is 19.3. The van der Waals surface area contributed by atoms with Gasteiger partial charge in [0, 0.05) is 31.4 Å². The van der Waals surface area contributed by atoms with E-state index >= 15 is 0 Å². The first-order valence-electron chi connectivity index (χ1n) is 8.41. The standard InChI is InChI=1S/C18H22N4OS/c1-12-5-3-7-15-17(12)24-18(20-15)22-8-4-6-14(22)9-16(23)13-10-19-21(2)11-13/h3,5,7,10-11,14,16,23H,4,6,8-9H2,1-2H3/t14-,16-/m0/s1. The van der Waals surface area contributed by atoms with Crippen LogP contribution in [0.3, 0.4) is 0 Å². The zero-order valence-corrected chi connectivity index (χ0v) is 14.8. The van der Waals surface area contributed by atoms with E-state index < -0.39 is 6.10 Å². The zero-order chi connectivity index (χ0) is 16.7. The number of hydrogen-bond acceptors (Lipinski definition) is 5. The minimum absolute atomic E-state index is 0.334. The van der Waals surface area contributed by atoms with Gasteiger partial charge in [0.2, 0.25) is 0 Å². The van der Waals surface area contributed by atoms with Gasteiger partial charge in [0.1, 0.15) is 0 Å². The van der Waals surface area contributed by atoms with Gasteiger partial charge in [-0.2, -0.15) is 5.10 Å². The van der Waals surface area contributed by atoms with Gasteiger partial charge in [0.05, 0.1) is 22.5 Å². The van der Waals surface area contributed by atoms with Crippen molar-refractivity contribution in [2.24, 2.45) is 7.05 Å². The molecule has 1 fully saturated rings. The van der Waals surface area contributed by atoms with E-state index in [0.29, 0.717) is 6.04 Å². The van der Waals surface area contributed by atoms with E-state index in [1.165, 1.54) is 10.3 Å². The van der Waals surface area contributed by atoms with Crippen molar-refractivity contribution in [2.45, 2.75) is 38.3 Å². The first kappa shape index (κ1) is 15.6. The number of aliphatic hydroxyl groups excluding tert-OH is 1. The molecule has 0 unspecified atom stereocenters. The predicted octanol–water partition coefficient (Wildman–Crippen LogP) is 3.43. The molecular weight excluding hydrogens is 320 g/mol. The van der Waals surface area contributed by atoms with Crippen molar-refractivity contribution >= 4 is 26.7 Å². The van der Waals surface area contributed by atoms with Crippen LogP contribution in [-0.2, 0) is 7.05 Å². The number of fused-ring (bicyclic) bond motifs is 1. The van der Waals surface area contributed by atoms with Crippen molar-refractivity contribution in [1.82, 2.24) is 14.8 Å². The fraction of sp³-hybridized carbons (Fsp3) is 0.444. The molecule has 126 valence electrons. The summed E-state index contributed by atoms with van der Waals surface area (Å²) in [6.07, 6.45) is 6.16. The van der Waals surface area contributed by atoms with E-state index in [9.17, 15) is 5.11 Å². The Bertz CT molecular complexity index is 856. The van der Waals surface area contributed by atoms with Gasteiger partial charge in [-0.1, -0.05) is 23.5 Å². The maximum atomic E-state index is 10.5. The van der Waals surface area contributed by atoms with Crippen LogP contribution in [0.4, 0.5) is 5.13 Å². The van der Waals surface area contributed by atoms with E-state index in [1.807, 2.05) is 13.2 Å². The maximum Gasteiger partial charge on any atom is 0.186 e. The molecule has 0 radical (unpaired) electrons. The van der Waals surface area contributed by atoms with Gasteiger partial charge >= 0.3 is 0 Å². The predicted molar refractivity (Wildman–Crippen MR) is 97.5 cm³/mol. The van der Waals surface area contributed by atoms with Gasteiger partial charge in [0.15, 0.2) is 5.13 Å².